The smallest absolute Gasteiger partial charge is 0.307 e. The van der Waals surface area contributed by atoms with Crippen molar-refractivity contribution in [3.05, 3.63) is 27.0 Å². The van der Waals surface area contributed by atoms with Crippen LogP contribution in [0.3, 0.4) is 0 Å². The lowest BCUT2D eigenvalue weighted by Crippen LogP contribution is -2.17. The van der Waals surface area contributed by atoms with Crippen LogP contribution in [0.5, 0.6) is 0 Å². The molecule has 0 aliphatic rings. The number of halogens is 4. The van der Waals surface area contributed by atoms with E-state index in [-0.39, 0.29) is 34.0 Å². The summed E-state index contributed by atoms with van der Waals surface area (Å²) in [6, 6.07) is -0.673. The Labute approximate surface area is 120 Å². The van der Waals surface area contributed by atoms with Gasteiger partial charge in [0.2, 0.25) is 0 Å². The molecule has 1 aromatic rings. The first-order valence-electron chi connectivity index (χ1n) is 4.29. The van der Waals surface area contributed by atoms with E-state index in [9.17, 15) is 4.79 Å². The van der Waals surface area contributed by atoms with E-state index in [2.05, 4.69) is 9.72 Å². The van der Waals surface area contributed by atoms with Crippen LogP contribution in [0, 0.1) is 0 Å². The molecule has 0 aliphatic heterocycles. The number of aromatic nitrogens is 1. The Morgan fingerprint density at radius 3 is 2.65 bits per heavy atom. The number of methoxy groups -OCH3 is 1. The second kappa shape index (κ2) is 7.24. The van der Waals surface area contributed by atoms with Crippen LogP contribution in [-0.4, -0.2) is 18.1 Å². The van der Waals surface area contributed by atoms with Gasteiger partial charge >= 0.3 is 5.97 Å². The van der Waals surface area contributed by atoms with E-state index in [4.69, 9.17) is 40.5 Å². The highest BCUT2D eigenvalue weighted by Gasteiger charge is 2.20. The Morgan fingerprint density at radius 1 is 1.53 bits per heavy atom. The zero-order valence-corrected chi connectivity index (χ0v) is 11.8. The first-order valence-corrected chi connectivity index (χ1v) is 5.42. The zero-order valence-electron chi connectivity index (χ0n) is 8.75. The number of esters is 1. The average molecular weight is 320 g/mol. The molecule has 17 heavy (non-hydrogen) atoms. The molecule has 0 fully saturated rings. The van der Waals surface area contributed by atoms with Gasteiger partial charge < -0.3 is 10.5 Å². The third-order valence-electron chi connectivity index (χ3n) is 1.95. The summed E-state index contributed by atoms with van der Waals surface area (Å²) in [5.41, 5.74) is 6.18. The van der Waals surface area contributed by atoms with Crippen molar-refractivity contribution in [2.75, 3.05) is 7.11 Å². The Balaban J connectivity index is 0.00000256. The normalized spacial score (nSPS) is 11.6. The first kappa shape index (κ1) is 16.7. The number of pyridine rings is 1. The summed E-state index contributed by atoms with van der Waals surface area (Å²) in [5, 5.41) is 0.526. The number of hydrogen-bond donors (Lipinski definition) is 1. The number of ether oxygens (including phenoxy) is 1. The zero-order chi connectivity index (χ0) is 12.3. The predicted octanol–water partition coefficient (Wildman–Crippen LogP) is 3.03. The van der Waals surface area contributed by atoms with E-state index >= 15 is 0 Å². The van der Waals surface area contributed by atoms with Crippen LogP contribution in [0.4, 0.5) is 0 Å². The van der Waals surface area contributed by atoms with Crippen LogP contribution in [0.25, 0.3) is 0 Å². The van der Waals surface area contributed by atoms with Crippen molar-refractivity contribution in [2.45, 2.75) is 12.5 Å². The topological polar surface area (TPSA) is 65.2 Å². The molecule has 4 nitrogen and oxygen atoms in total. The van der Waals surface area contributed by atoms with E-state index in [1.165, 1.54) is 13.3 Å². The van der Waals surface area contributed by atoms with Crippen LogP contribution in [0.15, 0.2) is 6.20 Å². The average Bonchev–Trinajstić information content (AvgIpc) is 2.24. The SMILES string of the molecule is COC(=O)C[C@@H](N)c1c(Cl)cnc(Cl)c1Cl.Cl. The molecule has 0 saturated heterocycles. The largest absolute Gasteiger partial charge is 0.469 e. The molecule has 0 saturated carbocycles. The van der Waals surface area contributed by atoms with E-state index in [0.717, 1.165) is 0 Å². The van der Waals surface area contributed by atoms with Gasteiger partial charge in [0.15, 0.2) is 0 Å². The minimum atomic E-state index is -0.673. The Morgan fingerprint density at radius 2 is 2.12 bits per heavy atom. The molecule has 0 aromatic carbocycles. The molecular formula is C9H10Cl4N2O2. The van der Waals surface area contributed by atoms with Gasteiger partial charge in [0.25, 0.3) is 0 Å². The molecule has 0 amide bonds. The minimum Gasteiger partial charge on any atom is -0.469 e. The molecule has 0 bridgehead atoms. The van der Waals surface area contributed by atoms with Gasteiger partial charge in [-0.05, 0) is 0 Å². The first-order chi connectivity index (χ1) is 7.47. The van der Waals surface area contributed by atoms with Crippen molar-refractivity contribution in [3.8, 4) is 0 Å². The molecule has 8 heteroatoms. The van der Waals surface area contributed by atoms with Crippen LogP contribution in [-0.2, 0) is 9.53 Å². The fourth-order valence-electron chi connectivity index (χ4n) is 1.16. The summed E-state index contributed by atoms with van der Waals surface area (Å²) in [5.74, 6) is -0.451. The lowest BCUT2D eigenvalue weighted by atomic mass is 10.1. The highest BCUT2D eigenvalue weighted by molar-refractivity contribution is 6.43. The maximum atomic E-state index is 11.1. The van der Waals surface area contributed by atoms with Crippen LogP contribution in [0.1, 0.15) is 18.0 Å². The van der Waals surface area contributed by atoms with Gasteiger partial charge in [0.1, 0.15) is 5.15 Å². The standard InChI is InChI=1S/C9H9Cl3N2O2.ClH/c1-16-6(15)2-5(13)7-4(10)3-14-9(12)8(7)11;/h3,5H,2,13H2,1H3;1H/t5-;/m1./s1. The summed E-state index contributed by atoms with van der Waals surface area (Å²) < 4.78 is 4.50. The van der Waals surface area contributed by atoms with Gasteiger partial charge in [0.05, 0.1) is 23.6 Å². The number of nitrogens with zero attached hydrogens (tertiary/aromatic N) is 1. The van der Waals surface area contributed by atoms with Crippen LogP contribution < -0.4 is 5.73 Å². The lowest BCUT2D eigenvalue weighted by Gasteiger charge is -2.14. The Hall–Kier alpha value is -0.260. The second-order valence-electron chi connectivity index (χ2n) is 3.01. The van der Waals surface area contributed by atoms with E-state index in [1.807, 2.05) is 0 Å². The maximum Gasteiger partial charge on any atom is 0.307 e. The molecule has 1 atom stereocenters. The molecule has 1 heterocycles. The lowest BCUT2D eigenvalue weighted by molar-refractivity contribution is -0.141. The molecule has 96 valence electrons. The summed E-state index contributed by atoms with van der Waals surface area (Å²) in [4.78, 5) is 14.8. The number of hydrogen-bond acceptors (Lipinski definition) is 4. The van der Waals surface area contributed by atoms with Crippen molar-refractivity contribution in [3.63, 3.8) is 0 Å². The van der Waals surface area contributed by atoms with Gasteiger partial charge in [-0.3, -0.25) is 4.79 Å². The van der Waals surface area contributed by atoms with Gasteiger partial charge in [-0.1, -0.05) is 34.8 Å². The van der Waals surface area contributed by atoms with Crippen molar-refractivity contribution >= 4 is 53.2 Å². The van der Waals surface area contributed by atoms with Gasteiger partial charge in [-0.25, -0.2) is 4.98 Å². The highest BCUT2D eigenvalue weighted by Crippen LogP contribution is 2.34. The molecule has 1 aromatic heterocycles. The predicted molar refractivity (Wildman–Crippen MR) is 70.1 cm³/mol. The van der Waals surface area contributed by atoms with Crippen LogP contribution in [0.2, 0.25) is 15.2 Å². The van der Waals surface area contributed by atoms with Gasteiger partial charge in [0, 0.05) is 17.8 Å². The minimum absolute atomic E-state index is 0. The van der Waals surface area contributed by atoms with E-state index in [0.29, 0.717) is 5.56 Å². The highest BCUT2D eigenvalue weighted by atomic mass is 35.5. The summed E-state index contributed by atoms with van der Waals surface area (Å²) >= 11 is 17.5. The number of carbonyl (C=O) groups is 1. The van der Waals surface area contributed by atoms with Crippen molar-refractivity contribution < 1.29 is 9.53 Å². The monoisotopic (exact) mass is 318 g/mol. The van der Waals surface area contributed by atoms with Crippen molar-refractivity contribution in [1.82, 2.24) is 4.98 Å². The molecule has 1 rings (SSSR count). The summed E-state index contributed by atoms with van der Waals surface area (Å²) in [6.45, 7) is 0. The fraction of sp³-hybridized carbons (Fsp3) is 0.333. The fourth-order valence-corrected chi connectivity index (χ4v) is 1.93. The molecular weight excluding hydrogens is 310 g/mol. The number of carbonyl (C=O) groups excluding carboxylic acids is 1. The quantitative estimate of drug-likeness (QED) is 0.687. The van der Waals surface area contributed by atoms with E-state index in [1.54, 1.807) is 0 Å². The third-order valence-corrected chi connectivity index (χ3v) is 3.02. The Kier molecular flexibility index (Phi) is 7.13. The Bertz CT molecular complexity index is 414. The number of rotatable bonds is 3. The third kappa shape index (κ3) is 4.16. The molecule has 0 unspecified atom stereocenters. The van der Waals surface area contributed by atoms with Gasteiger partial charge in [-0.2, -0.15) is 0 Å². The van der Waals surface area contributed by atoms with E-state index < -0.39 is 12.0 Å². The molecule has 0 radical (unpaired) electrons. The maximum absolute atomic E-state index is 11.1. The molecule has 0 spiro atoms. The molecule has 2 N–H and O–H groups in total. The molecule has 0 aliphatic carbocycles. The summed E-state index contributed by atoms with van der Waals surface area (Å²) in [7, 11) is 1.28. The van der Waals surface area contributed by atoms with Crippen molar-refractivity contribution in [2.24, 2.45) is 5.73 Å². The van der Waals surface area contributed by atoms with Crippen molar-refractivity contribution in [1.29, 1.82) is 0 Å². The van der Waals surface area contributed by atoms with Gasteiger partial charge in [-0.15, -0.1) is 12.4 Å². The number of nitrogens with two attached hydrogens (primary N) is 1. The summed E-state index contributed by atoms with van der Waals surface area (Å²) in [6.07, 6.45) is 1.30. The second-order valence-corrected chi connectivity index (χ2v) is 4.15. The van der Waals surface area contributed by atoms with Crippen LogP contribution >= 0.6 is 47.2 Å².